The quantitative estimate of drug-likeness (QED) is 0.763. The van der Waals surface area contributed by atoms with Gasteiger partial charge in [0, 0.05) is 49.3 Å². The molecule has 7 nitrogen and oxygen atoms in total. The standard InChI is InChI=1S/C18H19N5O2/c24-16-5-8-22(9-6-16)15-3-1-14(2-4-15)21-17(25)13-11-20-18-19-7-10-23(18)12-13/h1-4,7,10-12,16,24H,5-6,8-9H2,(H,21,25). The van der Waals surface area contributed by atoms with Gasteiger partial charge in [0.1, 0.15) is 0 Å². The highest BCUT2D eigenvalue weighted by Crippen LogP contribution is 2.22. The number of anilines is 2. The Morgan fingerprint density at radius 1 is 1.16 bits per heavy atom. The molecule has 1 aromatic carbocycles. The Morgan fingerprint density at radius 2 is 1.92 bits per heavy atom. The summed E-state index contributed by atoms with van der Waals surface area (Å²) in [7, 11) is 0. The van der Waals surface area contributed by atoms with Crippen LogP contribution in [-0.4, -0.2) is 44.6 Å². The summed E-state index contributed by atoms with van der Waals surface area (Å²) in [6.45, 7) is 1.70. The van der Waals surface area contributed by atoms with Crippen LogP contribution < -0.4 is 10.2 Å². The van der Waals surface area contributed by atoms with Crippen molar-refractivity contribution in [3.05, 3.63) is 54.6 Å². The SMILES string of the molecule is O=C(Nc1ccc(N2CCC(O)CC2)cc1)c1cnc2nccn2c1. The van der Waals surface area contributed by atoms with Gasteiger partial charge in [0.05, 0.1) is 11.7 Å². The minimum atomic E-state index is -0.211. The second-order valence-electron chi connectivity index (χ2n) is 6.20. The third kappa shape index (κ3) is 3.32. The molecule has 0 atom stereocenters. The number of amides is 1. The van der Waals surface area contributed by atoms with Crippen LogP contribution >= 0.6 is 0 Å². The normalized spacial score (nSPS) is 15.5. The van der Waals surface area contributed by atoms with Gasteiger partial charge in [-0.25, -0.2) is 9.97 Å². The van der Waals surface area contributed by atoms with Crippen LogP contribution in [0.3, 0.4) is 0 Å². The second kappa shape index (κ2) is 6.52. The first-order valence-corrected chi connectivity index (χ1v) is 8.32. The van der Waals surface area contributed by atoms with Crippen LogP contribution in [0.4, 0.5) is 11.4 Å². The average molecular weight is 337 g/mol. The van der Waals surface area contributed by atoms with E-state index in [4.69, 9.17) is 0 Å². The molecule has 1 aliphatic rings. The van der Waals surface area contributed by atoms with Gasteiger partial charge in [0.15, 0.2) is 0 Å². The van der Waals surface area contributed by atoms with Crippen molar-refractivity contribution in [2.45, 2.75) is 18.9 Å². The summed E-state index contributed by atoms with van der Waals surface area (Å²) < 4.78 is 1.71. The van der Waals surface area contributed by atoms with E-state index in [0.29, 0.717) is 11.3 Å². The maximum atomic E-state index is 12.4. The highest BCUT2D eigenvalue weighted by molar-refractivity contribution is 6.04. The number of hydrogen-bond acceptors (Lipinski definition) is 5. The van der Waals surface area contributed by atoms with E-state index in [1.165, 1.54) is 6.20 Å². The average Bonchev–Trinajstić information content (AvgIpc) is 3.11. The number of nitrogens with zero attached hydrogens (tertiary/aromatic N) is 4. The minimum Gasteiger partial charge on any atom is -0.393 e. The molecule has 128 valence electrons. The Labute approximate surface area is 144 Å². The molecule has 0 spiro atoms. The molecule has 25 heavy (non-hydrogen) atoms. The van der Waals surface area contributed by atoms with Crippen LogP contribution in [-0.2, 0) is 0 Å². The second-order valence-corrected chi connectivity index (χ2v) is 6.20. The predicted octanol–water partition coefficient (Wildman–Crippen LogP) is 1.94. The Bertz CT molecular complexity index is 882. The molecule has 2 N–H and O–H groups in total. The fourth-order valence-corrected chi connectivity index (χ4v) is 3.02. The summed E-state index contributed by atoms with van der Waals surface area (Å²) >= 11 is 0. The fraction of sp³-hybridized carbons (Fsp3) is 0.278. The third-order valence-electron chi connectivity index (χ3n) is 4.46. The number of hydrogen-bond donors (Lipinski definition) is 2. The van der Waals surface area contributed by atoms with Crippen LogP contribution in [0.5, 0.6) is 0 Å². The van der Waals surface area contributed by atoms with Crippen molar-refractivity contribution in [2.75, 3.05) is 23.3 Å². The molecule has 3 aromatic rings. The number of fused-ring (bicyclic) bond motifs is 1. The van der Waals surface area contributed by atoms with Crippen molar-refractivity contribution in [1.29, 1.82) is 0 Å². The van der Waals surface area contributed by atoms with Gasteiger partial charge in [-0.05, 0) is 37.1 Å². The van der Waals surface area contributed by atoms with Gasteiger partial charge in [-0.1, -0.05) is 0 Å². The molecule has 0 radical (unpaired) electrons. The maximum absolute atomic E-state index is 12.4. The van der Waals surface area contributed by atoms with Crippen LogP contribution in [0.25, 0.3) is 5.78 Å². The summed E-state index contributed by atoms with van der Waals surface area (Å²) in [6, 6.07) is 7.76. The lowest BCUT2D eigenvalue weighted by molar-refractivity contribution is 0.102. The van der Waals surface area contributed by atoms with E-state index < -0.39 is 0 Å². The summed E-state index contributed by atoms with van der Waals surface area (Å²) in [5.41, 5.74) is 2.31. The van der Waals surface area contributed by atoms with E-state index in [2.05, 4.69) is 20.2 Å². The van der Waals surface area contributed by atoms with Crippen molar-refractivity contribution >= 4 is 23.1 Å². The van der Waals surface area contributed by atoms with E-state index in [1.807, 2.05) is 24.3 Å². The fourth-order valence-electron chi connectivity index (χ4n) is 3.02. The van der Waals surface area contributed by atoms with Gasteiger partial charge in [-0.2, -0.15) is 0 Å². The Morgan fingerprint density at radius 3 is 2.68 bits per heavy atom. The van der Waals surface area contributed by atoms with E-state index in [1.54, 1.807) is 23.0 Å². The molecular weight excluding hydrogens is 318 g/mol. The zero-order valence-electron chi connectivity index (χ0n) is 13.7. The molecule has 2 aromatic heterocycles. The van der Waals surface area contributed by atoms with Crippen LogP contribution in [0.2, 0.25) is 0 Å². The van der Waals surface area contributed by atoms with Crippen molar-refractivity contribution in [3.63, 3.8) is 0 Å². The van der Waals surface area contributed by atoms with E-state index >= 15 is 0 Å². The van der Waals surface area contributed by atoms with Crippen LogP contribution in [0, 0.1) is 0 Å². The largest absolute Gasteiger partial charge is 0.393 e. The van der Waals surface area contributed by atoms with Gasteiger partial charge in [0.25, 0.3) is 5.91 Å². The molecule has 1 saturated heterocycles. The van der Waals surface area contributed by atoms with Gasteiger partial charge >= 0.3 is 0 Å². The lowest BCUT2D eigenvalue weighted by Gasteiger charge is -2.31. The molecule has 0 aliphatic carbocycles. The van der Waals surface area contributed by atoms with E-state index in [-0.39, 0.29) is 12.0 Å². The van der Waals surface area contributed by atoms with Crippen molar-refractivity contribution in [1.82, 2.24) is 14.4 Å². The molecule has 3 heterocycles. The molecule has 0 unspecified atom stereocenters. The molecule has 7 heteroatoms. The molecule has 0 saturated carbocycles. The van der Waals surface area contributed by atoms with Gasteiger partial charge < -0.3 is 15.3 Å². The van der Waals surface area contributed by atoms with Crippen molar-refractivity contribution < 1.29 is 9.90 Å². The number of carbonyl (C=O) groups excluding carboxylic acids is 1. The lowest BCUT2D eigenvalue weighted by Crippen LogP contribution is -2.35. The number of nitrogens with one attached hydrogen (secondary N) is 1. The van der Waals surface area contributed by atoms with Crippen LogP contribution in [0.15, 0.2) is 49.1 Å². The lowest BCUT2D eigenvalue weighted by atomic mass is 10.1. The summed E-state index contributed by atoms with van der Waals surface area (Å²) in [5, 5.41) is 12.5. The maximum Gasteiger partial charge on any atom is 0.258 e. The first-order chi connectivity index (χ1) is 12.2. The van der Waals surface area contributed by atoms with Gasteiger partial charge in [0.2, 0.25) is 5.78 Å². The Balaban J connectivity index is 1.44. The predicted molar refractivity (Wildman–Crippen MR) is 94.8 cm³/mol. The molecular formula is C18H19N5O2. The first kappa shape index (κ1) is 15.6. The zero-order valence-corrected chi connectivity index (χ0v) is 13.7. The smallest absolute Gasteiger partial charge is 0.258 e. The van der Waals surface area contributed by atoms with Crippen LogP contribution in [0.1, 0.15) is 23.2 Å². The summed E-state index contributed by atoms with van der Waals surface area (Å²) in [4.78, 5) is 22.8. The number of benzene rings is 1. The topological polar surface area (TPSA) is 82.8 Å². The monoisotopic (exact) mass is 337 g/mol. The molecule has 1 fully saturated rings. The Kier molecular flexibility index (Phi) is 4.07. The van der Waals surface area contributed by atoms with E-state index in [0.717, 1.165) is 37.3 Å². The van der Waals surface area contributed by atoms with Gasteiger partial charge in [-0.3, -0.25) is 9.20 Å². The molecule has 4 rings (SSSR count). The number of aliphatic hydroxyl groups excluding tert-OH is 1. The van der Waals surface area contributed by atoms with Gasteiger partial charge in [-0.15, -0.1) is 0 Å². The number of piperidine rings is 1. The Hall–Kier alpha value is -2.93. The molecule has 1 amide bonds. The number of aromatic nitrogens is 3. The highest BCUT2D eigenvalue weighted by Gasteiger charge is 2.17. The summed E-state index contributed by atoms with van der Waals surface area (Å²) in [6.07, 6.45) is 8.02. The molecule has 1 aliphatic heterocycles. The first-order valence-electron chi connectivity index (χ1n) is 8.32. The minimum absolute atomic E-state index is 0.184. The molecule has 0 bridgehead atoms. The number of rotatable bonds is 3. The number of aliphatic hydroxyl groups is 1. The highest BCUT2D eigenvalue weighted by atomic mass is 16.3. The summed E-state index contributed by atoms with van der Waals surface area (Å²) in [5.74, 6) is 0.351. The van der Waals surface area contributed by atoms with E-state index in [9.17, 15) is 9.90 Å². The number of imidazole rings is 1. The number of carbonyl (C=O) groups is 1. The van der Waals surface area contributed by atoms with Crippen molar-refractivity contribution in [2.24, 2.45) is 0 Å². The van der Waals surface area contributed by atoms with Crippen molar-refractivity contribution in [3.8, 4) is 0 Å². The third-order valence-corrected chi connectivity index (χ3v) is 4.46. The zero-order chi connectivity index (χ0) is 17.2.